The van der Waals surface area contributed by atoms with Gasteiger partial charge in [0.05, 0.1) is 25.9 Å². The van der Waals surface area contributed by atoms with Crippen LogP contribution in [0.4, 0.5) is 0 Å². The summed E-state index contributed by atoms with van der Waals surface area (Å²) in [5.41, 5.74) is 5.17. The van der Waals surface area contributed by atoms with Crippen molar-refractivity contribution < 1.29 is 23.8 Å². The van der Waals surface area contributed by atoms with Crippen LogP contribution >= 0.6 is 11.6 Å². The zero-order chi connectivity index (χ0) is 20.0. The first-order valence-electron chi connectivity index (χ1n) is 8.14. The Bertz CT molecular complexity index is 839. The third-order valence-corrected chi connectivity index (χ3v) is 3.72. The molecule has 2 aromatic rings. The summed E-state index contributed by atoms with van der Waals surface area (Å²) in [5.74, 6) is 0.201. The molecule has 0 fully saturated rings. The van der Waals surface area contributed by atoms with Crippen molar-refractivity contribution in [3.05, 3.63) is 52.5 Å². The molecule has 2 rings (SSSR count). The summed E-state index contributed by atoms with van der Waals surface area (Å²) < 4.78 is 16.0. The van der Waals surface area contributed by atoms with Crippen LogP contribution in [0.2, 0.25) is 5.02 Å². The highest BCUT2D eigenvalue weighted by Gasteiger charge is 2.16. The zero-order valence-electron chi connectivity index (χ0n) is 15.5. The van der Waals surface area contributed by atoms with E-state index in [1.807, 2.05) is 13.8 Å². The number of hydrogen-bond acceptors (Lipinski definition) is 5. The summed E-state index contributed by atoms with van der Waals surface area (Å²) in [5, 5.41) is 0.373. The van der Waals surface area contributed by atoms with Crippen LogP contribution in [0.25, 0.3) is 0 Å². The van der Waals surface area contributed by atoms with Crippen LogP contribution in [0.1, 0.15) is 34.6 Å². The van der Waals surface area contributed by atoms with E-state index in [9.17, 15) is 9.59 Å². The van der Waals surface area contributed by atoms with Gasteiger partial charge < -0.3 is 14.2 Å². The largest absolute Gasteiger partial charge is 0.496 e. The van der Waals surface area contributed by atoms with Crippen molar-refractivity contribution in [2.24, 2.45) is 0 Å². The molecule has 0 atom stereocenters. The standard InChI is InChI=1S/C19H21ClN2O5/c1-11(2)27-16-7-5-12(9-17(16)26-4)18(23)21-22-19(24)14-10-13(20)6-8-15(14)25-3/h5-11H,1-4H3,(H,21,23)(H,22,24). The van der Waals surface area contributed by atoms with E-state index in [0.29, 0.717) is 27.8 Å². The Kier molecular flexibility index (Phi) is 6.90. The van der Waals surface area contributed by atoms with Gasteiger partial charge in [0, 0.05) is 10.6 Å². The molecular formula is C19H21ClN2O5. The second kappa shape index (κ2) is 9.14. The molecule has 2 amide bonds. The van der Waals surface area contributed by atoms with Gasteiger partial charge in [-0.25, -0.2) is 0 Å². The van der Waals surface area contributed by atoms with Crippen LogP contribution in [0.15, 0.2) is 36.4 Å². The van der Waals surface area contributed by atoms with Gasteiger partial charge in [0.15, 0.2) is 11.5 Å². The first-order chi connectivity index (χ1) is 12.8. The Labute approximate surface area is 162 Å². The number of rotatable bonds is 6. The summed E-state index contributed by atoms with van der Waals surface area (Å²) in [7, 11) is 2.92. The van der Waals surface area contributed by atoms with Crippen molar-refractivity contribution in [3.63, 3.8) is 0 Å². The predicted molar refractivity (Wildman–Crippen MR) is 102 cm³/mol. The van der Waals surface area contributed by atoms with Crippen LogP contribution < -0.4 is 25.1 Å². The van der Waals surface area contributed by atoms with Crippen molar-refractivity contribution >= 4 is 23.4 Å². The maximum Gasteiger partial charge on any atom is 0.273 e. The number of carbonyl (C=O) groups is 2. The molecule has 2 aromatic carbocycles. The lowest BCUT2D eigenvalue weighted by Crippen LogP contribution is -2.41. The monoisotopic (exact) mass is 392 g/mol. The average Bonchev–Trinajstić information content (AvgIpc) is 2.65. The van der Waals surface area contributed by atoms with Gasteiger partial charge in [-0.2, -0.15) is 0 Å². The minimum Gasteiger partial charge on any atom is -0.496 e. The number of carbonyl (C=O) groups excluding carboxylic acids is 2. The Balaban J connectivity index is 2.09. The average molecular weight is 393 g/mol. The first-order valence-corrected chi connectivity index (χ1v) is 8.52. The molecular weight excluding hydrogens is 372 g/mol. The SMILES string of the molecule is COc1cc(C(=O)NNC(=O)c2cc(Cl)ccc2OC)ccc1OC(C)C. The second-order valence-electron chi connectivity index (χ2n) is 5.79. The first kappa shape index (κ1) is 20.4. The summed E-state index contributed by atoms with van der Waals surface area (Å²) in [6.45, 7) is 3.78. The van der Waals surface area contributed by atoms with Gasteiger partial charge in [0.25, 0.3) is 11.8 Å². The van der Waals surface area contributed by atoms with E-state index in [-0.39, 0.29) is 11.7 Å². The molecule has 0 unspecified atom stereocenters. The molecule has 0 bridgehead atoms. The molecule has 0 aliphatic rings. The predicted octanol–water partition coefficient (Wildman–Crippen LogP) is 3.22. The van der Waals surface area contributed by atoms with Crippen molar-refractivity contribution in [1.82, 2.24) is 10.9 Å². The Hall–Kier alpha value is -2.93. The lowest BCUT2D eigenvalue weighted by Gasteiger charge is -2.15. The molecule has 2 N–H and O–H groups in total. The number of ether oxygens (including phenoxy) is 3. The molecule has 27 heavy (non-hydrogen) atoms. The molecule has 0 aliphatic heterocycles. The van der Waals surface area contributed by atoms with Crippen molar-refractivity contribution in [2.45, 2.75) is 20.0 Å². The molecule has 8 heteroatoms. The normalized spacial score (nSPS) is 10.3. The Morgan fingerprint density at radius 1 is 0.889 bits per heavy atom. The molecule has 0 radical (unpaired) electrons. The Morgan fingerprint density at radius 3 is 2.15 bits per heavy atom. The van der Waals surface area contributed by atoms with Gasteiger partial charge in [-0.1, -0.05) is 11.6 Å². The molecule has 7 nitrogen and oxygen atoms in total. The minimum atomic E-state index is -0.561. The number of amides is 2. The number of methoxy groups -OCH3 is 2. The van der Waals surface area contributed by atoms with Gasteiger partial charge in [0.1, 0.15) is 5.75 Å². The van der Waals surface area contributed by atoms with Gasteiger partial charge in [0.2, 0.25) is 0 Å². The number of nitrogens with one attached hydrogen (secondary N) is 2. The van der Waals surface area contributed by atoms with Gasteiger partial charge in [-0.15, -0.1) is 0 Å². The van der Waals surface area contributed by atoms with Crippen LogP contribution in [0.3, 0.4) is 0 Å². The smallest absolute Gasteiger partial charge is 0.273 e. The van der Waals surface area contributed by atoms with E-state index in [2.05, 4.69) is 10.9 Å². The third-order valence-electron chi connectivity index (χ3n) is 3.48. The fraction of sp³-hybridized carbons (Fsp3) is 0.263. The van der Waals surface area contributed by atoms with Crippen LogP contribution in [-0.2, 0) is 0 Å². The maximum absolute atomic E-state index is 12.3. The number of benzene rings is 2. The quantitative estimate of drug-likeness (QED) is 0.737. The van der Waals surface area contributed by atoms with Crippen LogP contribution in [-0.4, -0.2) is 32.1 Å². The highest BCUT2D eigenvalue weighted by Crippen LogP contribution is 2.29. The summed E-state index contributed by atoms with van der Waals surface area (Å²) in [4.78, 5) is 24.6. The highest BCUT2D eigenvalue weighted by molar-refractivity contribution is 6.31. The molecule has 0 saturated heterocycles. The molecule has 0 aromatic heterocycles. The molecule has 0 heterocycles. The van der Waals surface area contributed by atoms with Crippen molar-refractivity contribution in [3.8, 4) is 17.2 Å². The van der Waals surface area contributed by atoms with E-state index >= 15 is 0 Å². The summed E-state index contributed by atoms with van der Waals surface area (Å²) >= 11 is 5.91. The third kappa shape index (κ3) is 5.27. The van der Waals surface area contributed by atoms with Gasteiger partial charge in [-0.3, -0.25) is 20.4 Å². The fourth-order valence-corrected chi connectivity index (χ4v) is 2.44. The van der Waals surface area contributed by atoms with E-state index in [1.54, 1.807) is 24.3 Å². The lowest BCUT2D eigenvalue weighted by molar-refractivity contribution is 0.0844. The summed E-state index contributed by atoms with van der Waals surface area (Å²) in [6.07, 6.45) is -0.0365. The highest BCUT2D eigenvalue weighted by atomic mass is 35.5. The van der Waals surface area contributed by atoms with Gasteiger partial charge in [-0.05, 0) is 50.2 Å². The topological polar surface area (TPSA) is 85.9 Å². The lowest BCUT2D eigenvalue weighted by atomic mass is 10.2. The molecule has 0 saturated carbocycles. The molecule has 0 aliphatic carbocycles. The fourth-order valence-electron chi connectivity index (χ4n) is 2.27. The molecule has 144 valence electrons. The van der Waals surface area contributed by atoms with E-state index in [1.165, 1.54) is 26.4 Å². The van der Waals surface area contributed by atoms with Crippen LogP contribution in [0.5, 0.6) is 17.2 Å². The zero-order valence-corrected chi connectivity index (χ0v) is 16.2. The van der Waals surface area contributed by atoms with E-state index < -0.39 is 11.8 Å². The summed E-state index contributed by atoms with van der Waals surface area (Å²) in [6, 6.07) is 9.35. The number of halogens is 1. The van der Waals surface area contributed by atoms with E-state index in [0.717, 1.165) is 0 Å². The number of hydrogen-bond donors (Lipinski definition) is 2. The minimum absolute atomic E-state index is 0.0365. The van der Waals surface area contributed by atoms with E-state index in [4.69, 9.17) is 25.8 Å². The Morgan fingerprint density at radius 2 is 1.52 bits per heavy atom. The van der Waals surface area contributed by atoms with Gasteiger partial charge >= 0.3 is 0 Å². The van der Waals surface area contributed by atoms with Crippen molar-refractivity contribution in [2.75, 3.05) is 14.2 Å². The second-order valence-corrected chi connectivity index (χ2v) is 6.22. The van der Waals surface area contributed by atoms with Crippen LogP contribution in [0, 0.1) is 0 Å². The maximum atomic E-state index is 12.3. The van der Waals surface area contributed by atoms with Crippen molar-refractivity contribution in [1.29, 1.82) is 0 Å². The number of hydrazine groups is 1. The molecule has 0 spiro atoms.